The van der Waals surface area contributed by atoms with Gasteiger partial charge in [0.25, 0.3) is 5.69 Å². The third-order valence-corrected chi connectivity index (χ3v) is 4.20. The zero-order valence-electron chi connectivity index (χ0n) is 11.4. The Bertz CT molecular complexity index is 485. The molecule has 1 aliphatic heterocycles. The highest BCUT2D eigenvalue weighted by molar-refractivity contribution is 9.08. The zero-order chi connectivity index (χ0) is 14.7. The Morgan fingerprint density at radius 3 is 2.40 bits per heavy atom. The van der Waals surface area contributed by atoms with Crippen molar-refractivity contribution in [3.63, 3.8) is 0 Å². The highest BCUT2D eigenvalue weighted by Gasteiger charge is 2.35. The minimum absolute atomic E-state index is 0.0737. The summed E-state index contributed by atoms with van der Waals surface area (Å²) in [4.78, 5) is 12.8. The smallest absolute Gasteiger partial charge is 0.292 e. The lowest BCUT2D eigenvalue weighted by atomic mass is 10.2. The first-order valence-electron chi connectivity index (χ1n) is 6.24. The van der Waals surface area contributed by atoms with Gasteiger partial charge in [0.2, 0.25) is 0 Å². The number of hydrogen-bond donors (Lipinski definition) is 0. The van der Waals surface area contributed by atoms with Crippen LogP contribution in [0, 0.1) is 10.1 Å². The third kappa shape index (κ3) is 2.94. The van der Waals surface area contributed by atoms with Gasteiger partial charge in [-0.25, -0.2) is 0 Å². The number of nitrogens with zero attached hydrogens (tertiary/aromatic N) is 2. The van der Waals surface area contributed by atoms with Crippen molar-refractivity contribution in [2.45, 2.75) is 17.5 Å². The van der Waals surface area contributed by atoms with Gasteiger partial charge in [-0.15, -0.1) is 0 Å². The van der Waals surface area contributed by atoms with Crippen LogP contribution < -0.4 is 4.90 Å². The van der Waals surface area contributed by atoms with Crippen LogP contribution >= 0.6 is 15.9 Å². The summed E-state index contributed by atoms with van der Waals surface area (Å²) in [5, 5.41) is 11.8. The Balaban J connectivity index is 2.31. The second-order valence-electron chi connectivity index (χ2n) is 4.67. The van der Waals surface area contributed by atoms with E-state index in [9.17, 15) is 10.1 Å². The fraction of sp³-hybridized carbons (Fsp3) is 0.538. The Hall–Kier alpha value is -1.18. The summed E-state index contributed by atoms with van der Waals surface area (Å²) in [6.45, 7) is 1.17. The first kappa shape index (κ1) is 15.2. The number of ether oxygens (including phenoxy) is 2. The SMILES string of the molecule is COC1CN(c2ccc(CBr)cc2[N+](=O)[O-])CC1OC. The molecule has 0 aromatic heterocycles. The highest BCUT2D eigenvalue weighted by atomic mass is 79.9. The maximum Gasteiger partial charge on any atom is 0.292 e. The predicted octanol–water partition coefficient (Wildman–Crippen LogP) is 2.34. The molecule has 1 fully saturated rings. The van der Waals surface area contributed by atoms with Gasteiger partial charge in [-0.3, -0.25) is 10.1 Å². The minimum atomic E-state index is -0.344. The number of rotatable bonds is 5. The van der Waals surface area contributed by atoms with Crippen LogP contribution in [0.3, 0.4) is 0 Å². The van der Waals surface area contributed by atoms with Crippen LogP contribution in [-0.4, -0.2) is 44.4 Å². The van der Waals surface area contributed by atoms with Crippen molar-refractivity contribution in [3.8, 4) is 0 Å². The van der Waals surface area contributed by atoms with Crippen molar-refractivity contribution in [1.29, 1.82) is 0 Å². The molecule has 0 bridgehead atoms. The second kappa shape index (κ2) is 6.51. The Morgan fingerprint density at radius 2 is 1.95 bits per heavy atom. The van der Waals surface area contributed by atoms with Gasteiger partial charge in [-0.1, -0.05) is 22.0 Å². The van der Waals surface area contributed by atoms with E-state index >= 15 is 0 Å². The molecule has 1 saturated heterocycles. The summed E-state index contributed by atoms with van der Waals surface area (Å²) in [5.74, 6) is 0. The molecule has 1 aromatic carbocycles. The zero-order valence-corrected chi connectivity index (χ0v) is 13.0. The lowest BCUT2D eigenvalue weighted by molar-refractivity contribution is -0.384. The van der Waals surface area contributed by atoms with Gasteiger partial charge in [0, 0.05) is 38.7 Å². The molecule has 0 radical (unpaired) electrons. The van der Waals surface area contributed by atoms with Crippen molar-refractivity contribution in [2.75, 3.05) is 32.2 Å². The summed E-state index contributed by atoms with van der Waals surface area (Å²) in [7, 11) is 3.26. The van der Waals surface area contributed by atoms with Crippen LogP contribution in [0.4, 0.5) is 11.4 Å². The third-order valence-electron chi connectivity index (χ3n) is 3.55. The first-order chi connectivity index (χ1) is 9.60. The maximum atomic E-state index is 11.2. The molecule has 1 heterocycles. The number of alkyl halides is 1. The van der Waals surface area contributed by atoms with E-state index in [0.29, 0.717) is 24.1 Å². The van der Waals surface area contributed by atoms with Gasteiger partial charge < -0.3 is 14.4 Å². The van der Waals surface area contributed by atoms with E-state index in [4.69, 9.17) is 9.47 Å². The quantitative estimate of drug-likeness (QED) is 0.466. The average Bonchev–Trinajstić information content (AvgIpc) is 2.89. The molecule has 1 aromatic rings. The summed E-state index contributed by atoms with van der Waals surface area (Å²) < 4.78 is 10.7. The molecule has 20 heavy (non-hydrogen) atoms. The van der Waals surface area contributed by atoms with E-state index in [0.717, 1.165) is 5.56 Å². The normalized spacial score (nSPS) is 22.2. The van der Waals surface area contributed by atoms with Crippen molar-refractivity contribution in [1.82, 2.24) is 0 Å². The van der Waals surface area contributed by atoms with Crippen LogP contribution in [0.5, 0.6) is 0 Å². The number of hydrogen-bond acceptors (Lipinski definition) is 5. The molecular weight excluding hydrogens is 328 g/mol. The molecule has 0 spiro atoms. The Morgan fingerprint density at radius 1 is 1.35 bits per heavy atom. The minimum Gasteiger partial charge on any atom is -0.377 e. The number of halogens is 1. The topological polar surface area (TPSA) is 64.8 Å². The number of methoxy groups -OCH3 is 2. The number of anilines is 1. The molecule has 0 N–H and O–H groups in total. The Labute approximate surface area is 125 Å². The second-order valence-corrected chi connectivity index (χ2v) is 5.23. The number of nitro benzene ring substituents is 1. The summed E-state index contributed by atoms with van der Waals surface area (Å²) >= 11 is 3.31. The van der Waals surface area contributed by atoms with E-state index in [-0.39, 0.29) is 22.8 Å². The van der Waals surface area contributed by atoms with Crippen LogP contribution in [0.15, 0.2) is 18.2 Å². The molecule has 2 unspecified atom stereocenters. The molecule has 0 aliphatic carbocycles. The fourth-order valence-electron chi connectivity index (χ4n) is 2.46. The van der Waals surface area contributed by atoms with E-state index in [1.54, 1.807) is 26.4 Å². The maximum absolute atomic E-state index is 11.2. The summed E-state index contributed by atoms with van der Waals surface area (Å²) in [5.41, 5.74) is 1.61. The highest BCUT2D eigenvalue weighted by Crippen LogP contribution is 2.33. The van der Waals surface area contributed by atoms with E-state index in [1.165, 1.54) is 0 Å². The van der Waals surface area contributed by atoms with E-state index < -0.39 is 0 Å². The number of nitro groups is 1. The van der Waals surface area contributed by atoms with Gasteiger partial charge in [-0.05, 0) is 11.6 Å². The van der Waals surface area contributed by atoms with Gasteiger partial charge in [0.15, 0.2) is 0 Å². The summed E-state index contributed by atoms with van der Waals surface area (Å²) in [6.07, 6.45) is -0.147. The van der Waals surface area contributed by atoms with Crippen LogP contribution in [0.25, 0.3) is 0 Å². The lowest BCUT2D eigenvalue weighted by Gasteiger charge is -2.18. The molecule has 6 nitrogen and oxygen atoms in total. The molecule has 7 heteroatoms. The van der Waals surface area contributed by atoms with Crippen LogP contribution in [0.1, 0.15) is 5.56 Å². The fourth-order valence-corrected chi connectivity index (χ4v) is 2.81. The lowest BCUT2D eigenvalue weighted by Crippen LogP contribution is -2.27. The van der Waals surface area contributed by atoms with E-state index in [1.807, 2.05) is 11.0 Å². The van der Waals surface area contributed by atoms with Crippen molar-refractivity contribution in [3.05, 3.63) is 33.9 Å². The van der Waals surface area contributed by atoms with Gasteiger partial charge in [-0.2, -0.15) is 0 Å². The monoisotopic (exact) mass is 344 g/mol. The van der Waals surface area contributed by atoms with Gasteiger partial charge in [0.1, 0.15) is 17.9 Å². The first-order valence-corrected chi connectivity index (χ1v) is 7.36. The van der Waals surface area contributed by atoms with Crippen LogP contribution in [0.2, 0.25) is 0 Å². The number of benzene rings is 1. The largest absolute Gasteiger partial charge is 0.377 e. The molecule has 0 amide bonds. The van der Waals surface area contributed by atoms with E-state index in [2.05, 4.69) is 15.9 Å². The molecule has 2 rings (SSSR count). The predicted molar refractivity (Wildman–Crippen MR) is 79.5 cm³/mol. The Kier molecular flexibility index (Phi) is 4.95. The molecule has 110 valence electrons. The van der Waals surface area contributed by atoms with Crippen LogP contribution in [-0.2, 0) is 14.8 Å². The van der Waals surface area contributed by atoms with Crippen molar-refractivity contribution < 1.29 is 14.4 Å². The molecule has 1 aliphatic rings. The molecule has 2 atom stereocenters. The average molecular weight is 345 g/mol. The summed E-state index contributed by atoms with van der Waals surface area (Å²) in [6, 6.07) is 5.28. The standard InChI is InChI=1S/C13H17BrN2O4/c1-19-12-7-15(8-13(12)20-2)10-4-3-9(6-14)5-11(10)16(17)18/h3-5,12-13H,6-8H2,1-2H3. The van der Waals surface area contributed by atoms with Crippen molar-refractivity contribution >= 4 is 27.3 Å². The van der Waals surface area contributed by atoms with Gasteiger partial charge in [0.05, 0.1) is 4.92 Å². The molecule has 0 saturated carbocycles. The van der Waals surface area contributed by atoms with Crippen molar-refractivity contribution in [2.24, 2.45) is 0 Å². The molecular formula is C13H17BrN2O4. The van der Waals surface area contributed by atoms with Gasteiger partial charge >= 0.3 is 0 Å².